The Hall–Kier alpha value is -2.80. The van der Waals surface area contributed by atoms with E-state index in [0.717, 1.165) is 17.7 Å². The van der Waals surface area contributed by atoms with Crippen molar-refractivity contribution in [1.29, 1.82) is 0 Å². The number of ether oxygens (including phenoxy) is 1. The van der Waals surface area contributed by atoms with E-state index in [1.807, 2.05) is 25.1 Å². The molecule has 2 rings (SSSR count). The van der Waals surface area contributed by atoms with Crippen LogP contribution in [0.5, 0.6) is 17.2 Å². The van der Waals surface area contributed by atoms with E-state index in [1.54, 1.807) is 6.07 Å². The summed E-state index contributed by atoms with van der Waals surface area (Å²) in [7, 11) is 1.40. The first-order valence-corrected chi connectivity index (χ1v) is 8.15. The lowest BCUT2D eigenvalue weighted by molar-refractivity contribution is 0.351. The maximum atomic E-state index is 9.65. The van der Waals surface area contributed by atoms with Crippen LogP contribution in [0, 0.1) is 6.92 Å². The van der Waals surface area contributed by atoms with E-state index >= 15 is 0 Å². The van der Waals surface area contributed by atoms with E-state index in [4.69, 9.17) is 17.0 Å². The molecule has 7 heteroatoms. The molecule has 2 aromatic carbocycles. The molecule has 0 fully saturated rings. The first-order valence-electron chi connectivity index (χ1n) is 7.74. The van der Waals surface area contributed by atoms with Crippen LogP contribution in [0.25, 0.3) is 0 Å². The fraction of sp³-hybridized carbons (Fsp3) is 0.222. The summed E-state index contributed by atoms with van der Waals surface area (Å²) in [6.07, 6.45) is 2.36. The predicted octanol–water partition coefficient (Wildman–Crippen LogP) is 3.30. The second-order valence-corrected chi connectivity index (χ2v) is 5.79. The molecule has 0 saturated heterocycles. The molecule has 25 heavy (non-hydrogen) atoms. The molecule has 0 heterocycles. The molecule has 0 aliphatic heterocycles. The number of hydrogen-bond donors (Lipinski definition) is 4. The molecule has 0 atom stereocenters. The SMILES string of the molecule is CCc1cccc(C)c1NC(=S)N/N=C/c1cc(O)c(O)c(OC)c1. The Labute approximate surface area is 152 Å². The summed E-state index contributed by atoms with van der Waals surface area (Å²) in [6.45, 7) is 4.10. The lowest BCUT2D eigenvalue weighted by Gasteiger charge is -2.14. The van der Waals surface area contributed by atoms with Gasteiger partial charge in [-0.15, -0.1) is 0 Å². The zero-order chi connectivity index (χ0) is 18.4. The lowest BCUT2D eigenvalue weighted by atomic mass is 10.1. The summed E-state index contributed by atoms with van der Waals surface area (Å²) in [5.74, 6) is -0.430. The average molecular weight is 359 g/mol. The zero-order valence-corrected chi connectivity index (χ0v) is 15.1. The standard InChI is InChI=1S/C18H21N3O3S/c1-4-13-7-5-6-11(2)16(13)20-18(25)21-19-10-12-8-14(22)17(23)15(9-12)24-3/h5-10,22-23H,4H2,1-3H3,(H2,20,21,25)/b19-10+. The highest BCUT2D eigenvalue weighted by molar-refractivity contribution is 7.80. The fourth-order valence-electron chi connectivity index (χ4n) is 2.35. The number of anilines is 1. The number of benzene rings is 2. The zero-order valence-electron chi connectivity index (χ0n) is 14.3. The smallest absolute Gasteiger partial charge is 0.200 e. The maximum Gasteiger partial charge on any atom is 0.200 e. The van der Waals surface area contributed by atoms with Crippen LogP contribution in [0.2, 0.25) is 0 Å². The van der Waals surface area contributed by atoms with E-state index in [1.165, 1.54) is 25.0 Å². The molecule has 0 radical (unpaired) electrons. The fourth-order valence-corrected chi connectivity index (χ4v) is 2.51. The number of aromatic hydroxyl groups is 2. The molecule has 4 N–H and O–H groups in total. The third-order valence-electron chi connectivity index (χ3n) is 3.66. The number of hydrogen-bond acceptors (Lipinski definition) is 5. The largest absolute Gasteiger partial charge is 0.504 e. The number of rotatable bonds is 5. The Morgan fingerprint density at radius 3 is 2.76 bits per heavy atom. The monoisotopic (exact) mass is 359 g/mol. The van der Waals surface area contributed by atoms with Crippen molar-refractivity contribution in [2.75, 3.05) is 12.4 Å². The van der Waals surface area contributed by atoms with Crippen molar-refractivity contribution in [2.24, 2.45) is 5.10 Å². The van der Waals surface area contributed by atoms with Gasteiger partial charge in [0.2, 0.25) is 5.75 Å². The van der Waals surface area contributed by atoms with Crippen LogP contribution in [0.15, 0.2) is 35.4 Å². The Morgan fingerprint density at radius 2 is 2.08 bits per heavy atom. The van der Waals surface area contributed by atoms with Crippen LogP contribution >= 0.6 is 12.2 Å². The molecular weight excluding hydrogens is 338 g/mol. The number of thiocarbonyl (C=S) groups is 1. The summed E-state index contributed by atoms with van der Waals surface area (Å²) in [5.41, 5.74) is 6.52. The van der Waals surface area contributed by atoms with Crippen molar-refractivity contribution in [3.63, 3.8) is 0 Å². The highest BCUT2D eigenvalue weighted by Gasteiger charge is 2.09. The van der Waals surface area contributed by atoms with Gasteiger partial charge < -0.3 is 20.3 Å². The Bertz CT molecular complexity index is 806. The first-order chi connectivity index (χ1) is 12.0. The molecule has 0 spiro atoms. The molecule has 132 valence electrons. The van der Waals surface area contributed by atoms with Crippen LogP contribution in [-0.4, -0.2) is 28.6 Å². The van der Waals surface area contributed by atoms with Gasteiger partial charge in [0.1, 0.15) is 0 Å². The van der Waals surface area contributed by atoms with Crippen molar-refractivity contribution in [3.05, 3.63) is 47.0 Å². The first kappa shape index (κ1) is 18.5. The van der Waals surface area contributed by atoms with Gasteiger partial charge in [-0.2, -0.15) is 5.10 Å². The van der Waals surface area contributed by atoms with E-state index < -0.39 is 0 Å². The summed E-state index contributed by atoms with van der Waals surface area (Å²) >= 11 is 5.26. The average Bonchev–Trinajstić information content (AvgIpc) is 2.59. The minimum absolute atomic E-state index is 0.162. The number of aryl methyl sites for hydroxylation is 2. The molecule has 0 unspecified atom stereocenters. The molecule has 0 aromatic heterocycles. The summed E-state index contributed by atoms with van der Waals surface area (Å²) in [4.78, 5) is 0. The van der Waals surface area contributed by atoms with Crippen molar-refractivity contribution >= 4 is 29.2 Å². The van der Waals surface area contributed by atoms with E-state index in [0.29, 0.717) is 10.7 Å². The highest BCUT2D eigenvalue weighted by Crippen LogP contribution is 2.35. The lowest BCUT2D eigenvalue weighted by Crippen LogP contribution is -2.25. The number of methoxy groups -OCH3 is 1. The third kappa shape index (κ3) is 4.60. The van der Waals surface area contributed by atoms with Gasteiger partial charge in [0.05, 0.1) is 13.3 Å². The Kier molecular flexibility index (Phi) is 6.19. The van der Waals surface area contributed by atoms with Crippen LogP contribution in [0.4, 0.5) is 5.69 Å². The predicted molar refractivity (Wildman–Crippen MR) is 104 cm³/mol. The van der Waals surface area contributed by atoms with E-state index in [2.05, 4.69) is 22.8 Å². The number of phenols is 2. The molecule has 0 saturated carbocycles. The van der Waals surface area contributed by atoms with Gasteiger partial charge in [0, 0.05) is 11.3 Å². The topological polar surface area (TPSA) is 86.1 Å². The van der Waals surface area contributed by atoms with Crippen molar-refractivity contribution in [1.82, 2.24) is 5.43 Å². The number of nitrogens with zero attached hydrogens (tertiary/aromatic N) is 1. The number of para-hydroxylation sites is 1. The molecule has 2 aromatic rings. The summed E-state index contributed by atoms with van der Waals surface area (Å²) in [6, 6.07) is 8.99. The Morgan fingerprint density at radius 1 is 1.32 bits per heavy atom. The van der Waals surface area contributed by atoms with Crippen LogP contribution < -0.4 is 15.5 Å². The summed E-state index contributed by atoms with van der Waals surface area (Å²) < 4.78 is 4.98. The third-order valence-corrected chi connectivity index (χ3v) is 3.85. The molecule has 0 amide bonds. The number of phenolic OH excluding ortho intramolecular Hbond substituents is 2. The maximum absolute atomic E-state index is 9.65. The van der Waals surface area contributed by atoms with E-state index in [9.17, 15) is 10.2 Å². The van der Waals surface area contributed by atoms with Gasteiger partial charge in [0.15, 0.2) is 16.6 Å². The molecular formula is C18H21N3O3S. The second-order valence-electron chi connectivity index (χ2n) is 5.38. The number of nitrogens with one attached hydrogen (secondary N) is 2. The van der Waals surface area contributed by atoms with Gasteiger partial charge in [-0.1, -0.05) is 25.1 Å². The van der Waals surface area contributed by atoms with Crippen molar-refractivity contribution < 1.29 is 14.9 Å². The van der Waals surface area contributed by atoms with Crippen LogP contribution in [0.1, 0.15) is 23.6 Å². The van der Waals surface area contributed by atoms with Crippen molar-refractivity contribution in [2.45, 2.75) is 20.3 Å². The van der Waals surface area contributed by atoms with Gasteiger partial charge in [0.25, 0.3) is 0 Å². The summed E-state index contributed by atoms with van der Waals surface area (Å²) in [5, 5.41) is 26.8. The molecule has 0 bridgehead atoms. The molecule has 0 aliphatic rings. The minimum Gasteiger partial charge on any atom is -0.504 e. The van der Waals surface area contributed by atoms with Crippen molar-refractivity contribution in [3.8, 4) is 17.2 Å². The number of hydrazone groups is 1. The van der Waals surface area contributed by atoms with Gasteiger partial charge >= 0.3 is 0 Å². The quantitative estimate of drug-likeness (QED) is 0.284. The van der Waals surface area contributed by atoms with Crippen LogP contribution in [-0.2, 0) is 6.42 Å². The van der Waals surface area contributed by atoms with E-state index in [-0.39, 0.29) is 17.2 Å². The van der Waals surface area contributed by atoms with Gasteiger partial charge in [-0.3, -0.25) is 5.43 Å². The second kappa shape index (κ2) is 8.34. The van der Waals surface area contributed by atoms with Gasteiger partial charge in [-0.25, -0.2) is 0 Å². The molecule has 0 aliphatic carbocycles. The normalized spacial score (nSPS) is 10.7. The highest BCUT2D eigenvalue weighted by atomic mass is 32.1. The molecule has 6 nitrogen and oxygen atoms in total. The minimum atomic E-state index is -0.309. The van der Waals surface area contributed by atoms with Gasteiger partial charge in [-0.05, 0) is 48.8 Å². The Balaban J connectivity index is 2.06. The van der Waals surface area contributed by atoms with Crippen LogP contribution in [0.3, 0.4) is 0 Å².